The number of halogens is 2. The van der Waals surface area contributed by atoms with Gasteiger partial charge in [-0.2, -0.15) is 0 Å². The van der Waals surface area contributed by atoms with E-state index in [9.17, 15) is 0 Å². The fourth-order valence-corrected chi connectivity index (χ4v) is 12.0. The van der Waals surface area contributed by atoms with Crippen molar-refractivity contribution in [2.24, 2.45) is 0 Å². The predicted molar refractivity (Wildman–Crippen MR) is 123 cm³/mol. The topological polar surface area (TPSA) is 0 Å². The fraction of sp³-hybridized carbons (Fsp3) is 0.259. The summed E-state index contributed by atoms with van der Waals surface area (Å²) in [6.45, 7) is 4.65. The molecular formula is C27H25Cl2PTi. The van der Waals surface area contributed by atoms with Crippen LogP contribution in [0.15, 0.2) is 69.6 Å². The van der Waals surface area contributed by atoms with E-state index in [0.29, 0.717) is 4.22 Å². The van der Waals surface area contributed by atoms with E-state index >= 15 is 0 Å². The summed E-state index contributed by atoms with van der Waals surface area (Å²) in [7, 11) is -0.301. The number of allylic oxidation sites excluding steroid dienone is 5. The van der Waals surface area contributed by atoms with Gasteiger partial charge in [-0.05, 0) is 0 Å². The van der Waals surface area contributed by atoms with Crippen LogP contribution in [-0.4, -0.2) is 0 Å². The van der Waals surface area contributed by atoms with E-state index in [0.717, 1.165) is 0 Å². The zero-order chi connectivity index (χ0) is 19.5. The molecule has 3 aromatic rings. The largest absolute Gasteiger partial charge is 1.00 e. The van der Waals surface area contributed by atoms with Gasteiger partial charge in [0.15, 0.2) is 0 Å². The summed E-state index contributed by atoms with van der Waals surface area (Å²) >= 11 is -0.222. The van der Waals surface area contributed by atoms with Gasteiger partial charge in [0, 0.05) is 0 Å². The summed E-state index contributed by atoms with van der Waals surface area (Å²) in [5, 5.41) is 6.80. The summed E-state index contributed by atoms with van der Waals surface area (Å²) in [6.07, 6.45) is 10.2. The minimum atomic E-state index is -0.301. The van der Waals surface area contributed by atoms with Crippen LogP contribution in [-0.2, 0) is 32.0 Å². The number of aryl methyl sites for hydroxylation is 1. The molecule has 0 bridgehead atoms. The fourth-order valence-electron chi connectivity index (χ4n) is 5.42. The van der Waals surface area contributed by atoms with Gasteiger partial charge >= 0.3 is 184 Å². The molecule has 4 heteroatoms. The molecule has 2 aromatic carbocycles. The third kappa shape index (κ3) is 3.66. The second-order valence-electron chi connectivity index (χ2n) is 8.60. The van der Waals surface area contributed by atoms with Gasteiger partial charge in [-0.15, -0.1) is 0 Å². The molecule has 6 rings (SSSR count). The molecule has 31 heavy (non-hydrogen) atoms. The second-order valence-corrected chi connectivity index (χ2v) is 13.1. The van der Waals surface area contributed by atoms with E-state index in [1.165, 1.54) is 36.8 Å². The Hall–Kier alpha value is -1.01. The van der Waals surface area contributed by atoms with Crippen molar-refractivity contribution in [2.45, 2.75) is 43.8 Å². The number of rotatable bonds is 3. The minimum Gasteiger partial charge on any atom is -1.00 e. The van der Waals surface area contributed by atoms with Gasteiger partial charge in [0.1, 0.15) is 0 Å². The zero-order valence-electron chi connectivity index (χ0n) is 17.9. The molecule has 0 radical (unpaired) electrons. The Balaban J connectivity index is 0.00000116. The average molecular weight is 499 g/mol. The van der Waals surface area contributed by atoms with E-state index in [1.54, 1.807) is 36.4 Å². The van der Waals surface area contributed by atoms with Crippen LogP contribution in [0, 0.1) is 0 Å². The van der Waals surface area contributed by atoms with Crippen molar-refractivity contribution in [2.75, 3.05) is 0 Å². The van der Waals surface area contributed by atoms with Crippen molar-refractivity contribution < 1.29 is 44.0 Å². The molecule has 1 aromatic heterocycles. The van der Waals surface area contributed by atoms with Crippen molar-refractivity contribution in [3.63, 3.8) is 0 Å². The average Bonchev–Trinajstić information content (AvgIpc) is 3.48. The Kier molecular flexibility index (Phi) is 6.79. The molecular weight excluding hydrogens is 474 g/mol. The Morgan fingerprint density at radius 1 is 0.935 bits per heavy atom. The van der Waals surface area contributed by atoms with Crippen LogP contribution in [0.5, 0.6) is 0 Å². The van der Waals surface area contributed by atoms with Crippen molar-refractivity contribution in [1.29, 1.82) is 0 Å². The third-order valence-electron chi connectivity index (χ3n) is 7.07. The van der Waals surface area contributed by atoms with Crippen LogP contribution in [0.4, 0.5) is 0 Å². The smallest absolute Gasteiger partial charge is 1.00 e. The van der Waals surface area contributed by atoms with Gasteiger partial charge in [0.05, 0.1) is 0 Å². The first-order valence-electron chi connectivity index (χ1n) is 10.8. The Morgan fingerprint density at radius 3 is 2.52 bits per heavy atom. The number of benzene rings is 2. The summed E-state index contributed by atoms with van der Waals surface area (Å²) in [5.41, 5.74) is 7.91. The number of hydrogen-bond donors (Lipinski definition) is 0. The van der Waals surface area contributed by atoms with Crippen LogP contribution >= 0.6 is 7.53 Å². The normalized spacial score (nSPS) is 19.3. The summed E-state index contributed by atoms with van der Waals surface area (Å²) in [6, 6.07) is 18.6. The van der Waals surface area contributed by atoms with Crippen LogP contribution in [0.2, 0.25) is 0 Å². The maximum absolute atomic E-state index is 2.60. The maximum Gasteiger partial charge on any atom is -1.00 e. The van der Waals surface area contributed by atoms with Gasteiger partial charge in [0.2, 0.25) is 0 Å². The molecule has 0 saturated carbocycles. The number of fused-ring (bicyclic) bond motifs is 4. The van der Waals surface area contributed by atoms with Gasteiger partial charge in [-0.25, -0.2) is 0 Å². The first kappa shape index (κ1) is 23.2. The molecule has 0 fully saturated rings. The molecule has 2 unspecified atom stereocenters. The monoisotopic (exact) mass is 498 g/mol. The van der Waals surface area contributed by atoms with E-state index in [4.69, 9.17) is 0 Å². The Labute approximate surface area is 207 Å². The molecule has 3 aliphatic rings. The van der Waals surface area contributed by atoms with E-state index in [1.807, 2.05) is 5.30 Å². The summed E-state index contributed by atoms with van der Waals surface area (Å²) < 4.78 is 2.44. The van der Waals surface area contributed by atoms with Crippen molar-refractivity contribution >= 4 is 29.4 Å². The van der Waals surface area contributed by atoms with Crippen molar-refractivity contribution in [3.05, 3.63) is 91.6 Å². The molecule has 0 nitrogen and oxygen atoms in total. The second kappa shape index (κ2) is 9.09. The number of hydrogen-bond acceptors (Lipinski definition) is 0. The van der Waals surface area contributed by atoms with Crippen LogP contribution < -0.4 is 24.8 Å². The predicted octanol–water partition coefficient (Wildman–Crippen LogP) is 2.08. The molecule has 156 valence electrons. The van der Waals surface area contributed by atoms with Gasteiger partial charge in [0.25, 0.3) is 0 Å². The molecule has 0 saturated heterocycles. The minimum absolute atomic E-state index is 0. The summed E-state index contributed by atoms with van der Waals surface area (Å²) in [5.74, 6) is 0. The third-order valence-corrected chi connectivity index (χ3v) is 13.1. The molecule has 0 amide bonds. The van der Waals surface area contributed by atoms with Gasteiger partial charge in [-0.3, -0.25) is 0 Å². The van der Waals surface area contributed by atoms with Crippen molar-refractivity contribution in [1.82, 2.24) is 0 Å². The molecule has 0 aliphatic heterocycles. The first-order chi connectivity index (χ1) is 14.2. The molecule has 0 N–H and O–H groups in total. The van der Waals surface area contributed by atoms with Crippen LogP contribution in [0.3, 0.4) is 0 Å². The van der Waals surface area contributed by atoms with Crippen LogP contribution in [0.1, 0.15) is 52.9 Å². The van der Waals surface area contributed by atoms with Gasteiger partial charge in [-0.1, -0.05) is 0 Å². The molecule has 0 spiro atoms. The Morgan fingerprint density at radius 2 is 1.71 bits per heavy atom. The zero-order valence-corrected chi connectivity index (χ0v) is 21.9. The van der Waals surface area contributed by atoms with E-state index in [-0.39, 0.29) is 51.5 Å². The molecule has 3 aliphatic carbocycles. The van der Waals surface area contributed by atoms with Crippen molar-refractivity contribution in [3.8, 4) is 0 Å². The quantitative estimate of drug-likeness (QED) is 0.485. The van der Waals surface area contributed by atoms with Crippen LogP contribution in [0.25, 0.3) is 21.9 Å². The molecule has 1 heterocycles. The molecule has 2 atom stereocenters. The first-order valence-corrected chi connectivity index (χ1v) is 13.8. The maximum atomic E-state index is 2.60. The standard InChI is InChI=1S/C20H16P.C7H9.2ClH.Ti/c1-2-7-15-13-16(12-14(15)6-1)21-19-10-4-3-8-17(19)18-9-5-11-20(18)21;1-6-4-3-5-7(6)2;;;/h1-4,6-8,10,12-13H,5,9,11H2;4H,3H2,1-2H3;2*1H;/q;;;;+2/p-2. The SMILES string of the molecule is CC1=CC[C]([Ti+2][CH]2C(p3c4c(c5ccccc53)CCC4)=Cc3ccccc32)=C1C.[Cl-].[Cl-]. The van der Waals surface area contributed by atoms with E-state index < -0.39 is 0 Å². The van der Waals surface area contributed by atoms with E-state index in [2.05, 4.69) is 74.5 Å². The summed E-state index contributed by atoms with van der Waals surface area (Å²) in [4.78, 5) is 0. The van der Waals surface area contributed by atoms with Gasteiger partial charge < -0.3 is 24.8 Å². The Bertz CT molecular complexity index is 1260.